The van der Waals surface area contributed by atoms with Gasteiger partial charge in [-0.3, -0.25) is 4.90 Å². The number of piperidine rings is 1. The fraction of sp³-hybridized carbons (Fsp3) is 0.600. The van der Waals surface area contributed by atoms with Crippen LogP contribution in [0.15, 0.2) is 18.2 Å². The Labute approximate surface area is 109 Å². The minimum absolute atomic E-state index is 0.127. The summed E-state index contributed by atoms with van der Waals surface area (Å²) in [7, 11) is 4.14. The molecule has 2 atom stereocenters. The summed E-state index contributed by atoms with van der Waals surface area (Å²) in [4.78, 5) is 2.37. The molecule has 2 rings (SSSR count). The molecule has 1 aliphatic heterocycles. The van der Waals surface area contributed by atoms with Gasteiger partial charge in [0.25, 0.3) is 0 Å². The second-order valence-electron chi connectivity index (χ2n) is 5.39. The second kappa shape index (κ2) is 5.81. The highest BCUT2D eigenvalue weighted by Gasteiger charge is 2.31. The van der Waals surface area contributed by atoms with Gasteiger partial charge in [0.05, 0.1) is 0 Å². The predicted molar refractivity (Wildman–Crippen MR) is 73.2 cm³/mol. The van der Waals surface area contributed by atoms with Crippen LogP contribution < -0.4 is 5.32 Å². The molecule has 0 spiro atoms. The van der Waals surface area contributed by atoms with Crippen LogP contribution in [0, 0.1) is 18.7 Å². The van der Waals surface area contributed by atoms with Gasteiger partial charge < -0.3 is 5.32 Å². The first-order valence-electron chi connectivity index (χ1n) is 6.74. The maximum atomic E-state index is 13.5. The molecule has 2 unspecified atom stereocenters. The summed E-state index contributed by atoms with van der Waals surface area (Å²) >= 11 is 0. The van der Waals surface area contributed by atoms with E-state index in [0.717, 1.165) is 18.7 Å². The number of aryl methyl sites for hydroxylation is 1. The van der Waals surface area contributed by atoms with Gasteiger partial charge in [-0.05, 0) is 76.1 Å². The van der Waals surface area contributed by atoms with Crippen molar-refractivity contribution < 1.29 is 4.39 Å². The van der Waals surface area contributed by atoms with Crippen LogP contribution in [0.1, 0.15) is 30.0 Å². The van der Waals surface area contributed by atoms with E-state index < -0.39 is 0 Å². The zero-order valence-corrected chi connectivity index (χ0v) is 11.5. The van der Waals surface area contributed by atoms with Crippen molar-refractivity contribution in [2.75, 3.05) is 27.2 Å². The van der Waals surface area contributed by atoms with E-state index in [1.54, 1.807) is 12.1 Å². The molecule has 0 amide bonds. The number of nitrogens with one attached hydrogen (secondary N) is 1. The minimum atomic E-state index is -0.127. The molecule has 1 fully saturated rings. The van der Waals surface area contributed by atoms with Crippen LogP contribution >= 0.6 is 0 Å². The first kappa shape index (κ1) is 13.5. The van der Waals surface area contributed by atoms with Crippen molar-refractivity contribution in [1.29, 1.82) is 0 Å². The number of benzene rings is 1. The lowest BCUT2D eigenvalue weighted by atomic mass is 9.83. The summed E-state index contributed by atoms with van der Waals surface area (Å²) in [6, 6.07) is 5.49. The normalized spacial score (nSPS) is 25.3. The van der Waals surface area contributed by atoms with E-state index in [2.05, 4.69) is 24.2 Å². The van der Waals surface area contributed by atoms with Gasteiger partial charge >= 0.3 is 0 Å². The van der Waals surface area contributed by atoms with Gasteiger partial charge in [-0.15, -0.1) is 0 Å². The summed E-state index contributed by atoms with van der Waals surface area (Å²) in [5.74, 6) is 0.437. The van der Waals surface area contributed by atoms with Gasteiger partial charge in [-0.1, -0.05) is 6.07 Å². The van der Waals surface area contributed by atoms with E-state index in [-0.39, 0.29) is 5.82 Å². The first-order valence-corrected chi connectivity index (χ1v) is 6.74. The zero-order valence-electron chi connectivity index (χ0n) is 11.5. The summed E-state index contributed by atoms with van der Waals surface area (Å²) in [6.45, 7) is 4.17. The third-order valence-electron chi connectivity index (χ3n) is 4.03. The molecule has 0 saturated carbocycles. The van der Waals surface area contributed by atoms with Gasteiger partial charge in [0.15, 0.2) is 0 Å². The summed E-state index contributed by atoms with van der Waals surface area (Å²) < 4.78 is 13.5. The summed E-state index contributed by atoms with van der Waals surface area (Å²) in [5, 5.41) is 3.27. The highest BCUT2D eigenvalue weighted by Crippen LogP contribution is 2.36. The van der Waals surface area contributed by atoms with Crippen molar-refractivity contribution in [2.24, 2.45) is 5.92 Å². The summed E-state index contributed by atoms with van der Waals surface area (Å²) in [6.07, 6.45) is 2.44. The Morgan fingerprint density at radius 1 is 1.44 bits per heavy atom. The van der Waals surface area contributed by atoms with E-state index >= 15 is 0 Å². The Morgan fingerprint density at radius 2 is 2.22 bits per heavy atom. The Kier molecular flexibility index (Phi) is 4.36. The van der Waals surface area contributed by atoms with Crippen molar-refractivity contribution in [3.05, 3.63) is 35.1 Å². The molecular weight excluding hydrogens is 227 g/mol. The van der Waals surface area contributed by atoms with Gasteiger partial charge in [0, 0.05) is 6.04 Å². The molecule has 100 valence electrons. The molecule has 1 aliphatic rings. The second-order valence-corrected chi connectivity index (χ2v) is 5.39. The number of hydrogen-bond donors (Lipinski definition) is 1. The van der Waals surface area contributed by atoms with E-state index in [4.69, 9.17) is 0 Å². The van der Waals surface area contributed by atoms with E-state index in [0.29, 0.717) is 12.0 Å². The predicted octanol–water partition coefficient (Wildman–Crippen LogP) is 2.74. The smallest absolute Gasteiger partial charge is 0.123 e. The van der Waals surface area contributed by atoms with Crippen molar-refractivity contribution in [2.45, 2.75) is 25.8 Å². The van der Waals surface area contributed by atoms with E-state index in [1.165, 1.54) is 18.4 Å². The number of halogens is 1. The van der Waals surface area contributed by atoms with Crippen LogP contribution in [0.25, 0.3) is 0 Å². The van der Waals surface area contributed by atoms with E-state index in [1.807, 2.05) is 13.1 Å². The zero-order chi connectivity index (χ0) is 13.1. The Hall–Kier alpha value is -0.930. The SMILES string of the molecule is CNCC1CCCN(C)C1c1cc(F)ccc1C. The van der Waals surface area contributed by atoms with Gasteiger partial charge in [-0.2, -0.15) is 0 Å². The molecule has 1 aromatic carbocycles. The third-order valence-corrected chi connectivity index (χ3v) is 4.03. The largest absolute Gasteiger partial charge is 0.319 e. The molecule has 18 heavy (non-hydrogen) atoms. The van der Waals surface area contributed by atoms with Crippen molar-refractivity contribution in [1.82, 2.24) is 10.2 Å². The lowest BCUT2D eigenvalue weighted by molar-refractivity contribution is 0.120. The van der Waals surface area contributed by atoms with Crippen LogP contribution in [-0.4, -0.2) is 32.1 Å². The molecule has 0 aliphatic carbocycles. The van der Waals surface area contributed by atoms with Crippen LogP contribution in [0.4, 0.5) is 4.39 Å². The quantitative estimate of drug-likeness (QED) is 0.887. The highest BCUT2D eigenvalue weighted by molar-refractivity contribution is 5.30. The van der Waals surface area contributed by atoms with E-state index in [9.17, 15) is 4.39 Å². The molecule has 3 heteroatoms. The first-order chi connectivity index (χ1) is 8.63. The molecule has 0 radical (unpaired) electrons. The van der Waals surface area contributed by atoms with Crippen LogP contribution in [0.3, 0.4) is 0 Å². The molecule has 1 heterocycles. The number of hydrogen-bond acceptors (Lipinski definition) is 2. The fourth-order valence-electron chi connectivity index (χ4n) is 3.16. The average molecular weight is 250 g/mol. The molecule has 1 saturated heterocycles. The van der Waals surface area contributed by atoms with Gasteiger partial charge in [0.2, 0.25) is 0 Å². The Balaban J connectivity index is 2.33. The number of rotatable bonds is 3. The van der Waals surface area contributed by atoms with Crippen LogP contribution in [-0.2, 0) is 0 Å². The maximum Gasteiger partial charge on any atom is 0.123 e. The maximum absolute atomic E-state index is 13.5. The molecule has 0 bridgehead atoms. The fourth-order valence-corrected chi connectivity index (χ4v) is 3.16. The van der Waals surface area contributed by atoms with Crippen molar-refractivity contribution >= 4 is 0 Å². The van der Waals surface area contributed by atoms with Crippen molar-refractivity contribution in [3.8, 4) is 0 Å². The van der Waals surface area contributed by atoms with Crippen LogP contribution in [0.2, 0.25) is 0 Å². The van der Waals surface area contributed by atoms with Crippen molar-refractivity contribution in [3.63, 3.8) is 0 Å². The molecule has 2 nitrogen and oxygen atoms in total. The standard InChI is InChI=1S/C15H23FN2/c1-11-6-7-13(16)9-14(11)15-12(10-17-2)5-4-8-18(15)3/h6-7,9,12,15,17H,4-5,8,10H2,1-3H3. The van der Waals surface area contributed by atoms with Gasteiger partial charge in [0.1, 0.15) is 5.82 Å². The van der Waals surface area contributed by atoms with Crippen LogP contribution in [0.5, 0.6) is 0 Å². The molecule has 1 aromatic rings. The van der Waals surface area contributed by atoms with Gasteiger partial charge in [-0.25, -0.2) is 4.39 Å². The lowest BCUT2D eigenvalue weighted by Crippen LogP contribution is -2.40. The minimum Gasteiger partial charge on any atom is -0.319 e. The topological polar surface area (TPSA) is 15.3 Å². The average Bonchev–Trinajstić information content (AvgIpc) is 2.34. The number of likely N-dealkylation sites (tertiary alicyclic amines) is 1. The lowest BCUT2D eigenvalue weighted by Gasteiger charge is -2.40. The highest BCUT2D eigenvalue weighted by atomic mass is 19.1. The monoisotopic (exact) mass is 250 g/mol. The Bertz CT molecular complexity index is 403. The molecule has 0 aromatic heterocycles. The molecular formula is C15H23FN2. The Morgan fingerprint density at radius 3 is 2.94 bits per heavy atom. The molecule has 1 N–H and O–H groups in total. The summed E-state index contributed by atoms with van der Waals surface area (Å²) in [5.41, 5.74) is 2.34. The third kappa shape index (κ3) is 2.73. The number of nitrogens with zero attached hydrogens (tertiary/aromatic N) is 1.